The van der Waals surface area contributed by atoms with Gasteiger partial charge in [-0.25, -0.2) is 0 Å². The fourth-order valence-corrected chi connectivity index (χ4v) is 3.68. The van der Waals surface area contributed by atoms with Crippen LogP contribution in [0.1, 0.15) is 30.1 Å². The summed E-state index contributed by atoms with van der Waals surface area (Å²) in [4.78, 5) is 51.0. The summed E-state index contributed by atoms with van der Waals surface area (Å²) in [6.45, 7) is 1.39. The maximum absolute atomic E-state index is 13.2. The van der Waals surface area contributed by atoms with Crippen molar-refractivity contribution in [2.75, 3.05) is 15.5 Å². The van der Waals surface area contributed by atoms with E-state index in [0.717, 1.165) is 0 Å². The van der Waals surface area contributed by atoms with Gasteiger partial charge in [-0.2, -0.15) is 0 Å². The number of nitrogens with one attached hydrogen (secondary N) is 3. The number of hydrogen-bond donors (Lipinski definition) is 3. The van der Waals surface area contributed by atoms with E-state index in [-0.39, 0.29) is 24.7 Å². The van der Waals surface area contributed by atoms with Gasteiger partial charge in [0.25, 0.3) is 11.8 Å². The van der Waals surface area contributed by atoms with Crippen molar-refractivity contribution < 1.29 is 19.2 Å². The van der Waals surface area contributed by atoms with E-state index in [1.807, 2.05) is 0 Å². The van der Waals surface area contributed by atoms with E-state index in [0.29, 0.717) is 22.6 Å². The highest BCUT2D eigenvalue weighted by Gasteiger charge is 2.56. The highest BCUT2D eigenvalue weighted by molar-refractivity contribution is 6.18. The van der Waals surface area contributed by atoms with Gasteiger partial charge in [0.2, 0.25) is 17.5 Å². The van der Waals surface area contributed by atoms with Gasteiger partial charge < -0.3 is 16.0 Å². The molecule has 4 rings (SSSR count). The summed E-state index contributed by atoms with van der Waals surface area (Å²) in [6, 6.07) is 13.4. The Balaban J connectivity index is 1.68. The summed E-state index contributed by atoms with van der Waals surface area (Å²) in [7, 11) is 0. The Bertz CT molecular complexity index is 1020. The first-order chi connectivity index (χ1) is 13.4. The fourth-order valence-electron chi connectivity index (χ4n) is 3.68. The third kappa shape index (κ3) is 2.79. The first kappa shape index (κ1) is 17.7. The Morgan fingerprint density at radius 1 is 1.04 bits per heavy atom. The van der Waals surface area contributed by atoms with E-state index in [2.05, 4.69) is 16.0 Å². The van der Waals surface area contributed by atoms with Crippen LogP contribution in [-0.2, 0) is 14.4 Å². The van der Waals surface area contributed by atoms with Crippen LogP contribution in [0.4, 0.5) is 17.1 Å². The number of nitrogens with zero attached hydrogens (tertiary/aromatic N) is 1. The van der Waals surface area contributed by atoms with Crippen molar-refractivity contribution in [1.82, 2.24) is 5.32 Å². The molecule has 1 fully saturated rings. The van der Waals surface area contributed by atoms with Crippen molar-refractivity contribution >= 4 is 40.7 Å². The van der Waals surface area contributed by atoms with Gasteiger partial charge in [0.15, 0.2) is 0 Å². The number of carbonyl (C=O) groups is 4. The van der Waals surface area contributed by atoms with Crippen LogP contribution in [0.25, 0.3) is 0 Å². The van der Waals surface area contributed by atoms with Gasteiger partial charge in [-0.05, 0) is 30.3 Å². The molecule has 2 aliphatic heterocycles. The Morgan fingerprint density at radius 3 is 2.50 bits per heavy atom. The molecule has 28 heavy (non-hydrogen) atoms. The first-order valence-electron chi connectivity index (χ1n) is 8.84. The van der Waals surface area contributed by atoms with Crippen LogP contribution in [0.2, 0.25) is 0 Å². The SMILES string of the molecule is CC(=O)Nc1cccc(NC(=O)[C@@]23CCC(=O)N2c2ccccc2C(=O)N3)c1. The molecule has 8 heteroatoms. The van der Waals surface area contributed by atoms with Gasteiger partial charge in [-0.1, -0.05) is 18.2 Å². The van der Waals surface area contributed by atoms with Gasteiger partial charge in [0.1, 0.15) is 0 Å². The third-order valence-corrected chi connectivity index (χ3v) is 4.86. The summed E-state index contributed by atoms with van der Waals surface area (Å²) in [5.41, 5.74) is 0.273. The van der Waals surface area contributed by atoms with E-state index in [1.165, 1.54) is 11.8 Å². The lowest BCUT2D eigenvalue weighted by molar-refractivity contribution is -0.124. The molecule has 142 valence electrons. The van der Waals surface area contributed by atoms with Gasteiger partial charge in [-0.15, -0.1) is 0 Å². The van der Waals surface area contributed by atoms with Crippen LogP contribution >= 0.6 is 0 Å². The molecular weight excluding hydrogens is 360 g/mol. The molecule has 8 nitrogen and oxygen atoms in total. The molecule has 0 radical (unpaired) electrons. The molecule has 1 atom stereocenters. The molecule has 2 aromatic rings. The Labute approximate surface area is 160 Å². The number of amides is 4. The zero-order chi connectivity index (χ0) is 19.9. The third-order valence-electron chi connectivity index (χ3n) is 4.86. The van der Waals surface area contributed by atoms with Gasteiger partial charge in [0, 0.05) is 31.1 Å². The highest BCUT2D eigenvalue weighted by Crippen LogP contribution is 2.39. The minimum atomic E-state index is -1.48. The van der Waals surface area contributed by atoms with Crippen LogP contribution in [-0.4, -0.2) is 29.3 Å². The monoisotopic (exact) mass is 378 g/mol. The molecule has 0 saturated carbocycles. The van der Waals surface area contributed by atoms with Crippen molar-refractivity contribution in [2.24, 2.45) is 0 Å². The Kier molecular flexibility index (Phi) is 4.11. The van der Waals surface area contributed by atoms with Crippen molar-refractivity contribution in [3.05, 3.63) is 54.1 Å². The number of carbonyl (C=O) groups excluding carboxylic acids is 4. The normalized spacial score (nSPS) is 20.1. The molecule has 0 spiro atoms. The minimum absolute atomic E-state index is 0.147. The fraction of sp³-hybridized carbons (Fsp3) is 0.200. The summed E-state index contributed by atoms with van der Waals surface area (Å²) < 4.78 is 0. The van der Waals surface area contributed by atoms with E-state index >= 15 is 0 Å². The standard InChI is InChI=1S/C20H18N4O4/c1-12(25)21-13-5-4-6-14(11-13)22-19(28)20-10-9-17(26)24(20)16-8-3-2-7-15(16)18(27)23-20/h2-8,11H,9-10H2,1H3,(H,21,25)(H,22,28)(H,23,27)/t20-/m1/s1. The molecule has 0 unspecified atom stereocenters. The molecule has 0 bridgehead atoms. The van der Waals surface area contributed by atoms with Crippen molar-refractivity contribution in [2.45, 2.75) is 25.4 Å². The number of rotatable bonds is 3. The van der Waals surface area contributed by atoms with Gasteiger partial charge >= 0.3 is 0 Å². The molecule has 0 aliphatic carbocycles. The number of benzene rings is 2. The second-order valence-corrected chi connectivity index (χ2v) is 6.78. The molecule has 2 aliphatic rings. The molecule has 2 aromatic carbocycles. The van der Waals surface area contributed by atoms with Crippen molar-refractivity contribution in [3.63, 3.8) is 0 Å². The lowest BCUT2D eigenvalue weighted by atomic mass is 9.98. The largest absolute Gasteiger partial charge is 0.326 e. The highest BCUT2D eigenvalue weighted by atomic mass is 16.2. The van der Waals surface area contributed by atoms with Crippen LogP contribution < -0.4 is 20.9 Å². The number of para-hydroxylation sites is 1. The lowest BCUT2D eigenvalue weighted by Gasteiger charge is -2.41. The van der Waals surface area contributed by atoms with Crippen LogP contribution in [0, 0.1) is 0 Å². The maximum Gasteiger partial charge on any atom is 0.271 e. The lowest BCUT2D eigenvalue weighted by Crippen LogP contribution is -2.68. The van der Waals surface area contributed by atoms with E-state index in [4.69, 9.17) is 0 Å². The number of anilines is 3. The topological polar surface area (TPSA) is 108 Å². The Hall–Kier alpha value is -3.68. The van der Waals surface area contributed by atoms with Crippen LogP contribution in [0.15, 0.2) is 48.5 Å². The van der Waals surface area contributed by atoms with Crippen LogP contribution in [0.3, 0.4) is 0 Å². The average molecular weight is 378 g/mol. The quantitative estimate of drug-likeness (QED) is 0.757. The second-order valence-electron chi connectivity index (χ2n) is 6.78. The van der Waals surface area contributed by atoms with E-state index in [9.17, 15) is 19.2 Å². The summed E-state index contributed by atoms with van der Waals surface area (Å²) >= 11 is 0. The molecule has 0 aromatic heterocycles. The summed E-state index contributed by atoms with van der Waals surface area (Å²) in [6.07, 6.45) is 0.317. The van der Waals surface area contributed by atoms with E-state index < -0.39 is 17.5 Å². The van der Waals surface area contributed by atoms with Crippen molar-refractivity contribution in [1.29, 1.82) is 0 Å². The average Bonchev–Trinajstić information content (AvgIpc) is 2.99. The molecule has 3 N–H and O–H groups in total. The first-order valence-corrected chi connectivity index (χ1v) is 8.84. The van der Waals surface area contributed by atoms with Crippen molar-refractivity contribution in [3.8, 4) is 0 Å². The molecule has 2 heterocycles. The minimum Gasteiger partial charge on any atom is -0.326 e. The summed E-state index contributed by atoms with van der Waals surface area (Å²) in [5, 5.41) is 8.14. The van der Waals surface area contributed by atoms with Gasteiger partial charge in [-0.3, -0.25) is 24.1 Å². The van der Waals surface area contributed by atoms with Gasteiger partial charge in [0.05, 0.1) is 11.3 Å². The predicted molar refractivity (Wildman–Crippen MR) is 103 cm³/mol. The van der Waals surface area contributed by atoms with Crippen LogP contribution in [0.5, 0.6) is 0 Å². The summed E-state index contributed by atoms with van der Waals surface area (Å²) in [5.74, 6) is -1.37. The smallest absolute Gasteiger partial charge is 0.271 e. The zero-order valence-corrected chi connectivity index (χ0v) is 15.1. The van der Waals surface area contributed by atoms with E-state index in [1.54, 1.807) is 48.5 Å². The number of hydrogen-bond acceptors (Lipinski definition) is 4. The molecule has 1 saturated heterocycles. The maximum atomic E-state index is 13.2. The Morgan fingerprint density at radius 2 is 1.75 bits per heavy atom. The zero-order valence-electron chi connectivity index (χ0n) is 15.1. The number of fused-ring (bicyclic) bond motifs is 3. The molecular formula is C20H18N4O4. The molecule has 4 amide bonds. The second kappa shape index (κ2) is 6.49. The predicted octanol–water partition coefficient (Wildman–Crippen LogP) is 1.85.